The number of nitrogens with zero attached hydrogens (tertiary/aromatic N) is 1. The van der Waals surface area contributed by atoms with E-state index in [1.54, 1.807) is 0 Å². The summed E-state index contributed by atoms with van der Waals surface area (Å²) in [7, 11) is 0. The van der Waals surface area contributed by atoms with Crippen molar-refractivity contribution in [3.63, 3.8) is 0 Å². The van der Waals surface area contributed by atoms with Gasteiger partial charge in [-0.15, -0.1) is 12.4 Å². The number of halogens is 1. The predicted molar refractivity (Wildman–Crippen MR) is 83.2 cm³/mol. The summed E-state index contributed by atoms with van der Waals surface area (Å²) in [5.74, 6) is 0.897. The van der Waals surface area contributed by atoms with Crippen LogP contribution in [0.15, 0.2) is 18.2 Å². The van der Waals surface area contributed by atoms with Crippen LogP contribution in [0.25, 0.3) is 0 Å². The Morgan fingerprint density at radius 2 is 1.95 bits per heavy atom. The Morgan fingerprint density at radius 3 is 2.37 bits per heavy atom. The van der Waals surface area contributed by atoms with E-state index in [0.717, 1.165) is 24.3 Å². The molecule has 3 nitrogen and oxygen atoms in total. The SMILES string of the molecule is CCN(CC)c1ccc([C@@H](N)C2CCC2)c(O)c1.Cl. The van der Waals surface area contributed by atoms with Crippen molar-refractivity contribution in [3.05, 3.63) is 23.8 Å². The molecule has 0 heterocycles. The molecule has 1 aromatic carbocycles. The van der Waals surface area contributed by atoms with Crippen molar-refractivity contribution < 1.29 is 5.11 Å². The van der Waals surface area contributed by atoms with Gasteiger partial charge in [-0.2, -0.15) is 0 Å². The molecule has 1 atom stereocenters. The highest BCUT2D eigenvalue weighted by molar-refractivity contribution is 5.85. The molecule has 1 saturated carbocycles. The first-order chi connectivity index (χ1) is 8.67. The molecule has 1 fully saturated rings. The van der Waals surface area contributed by atoms with Gasteiger partial charge in [0.05, 0.1) is 0 Å². The van der Waals surface area contributed by atoms with Crippen molar-refractivity contribution in [2.45, 2.75) is 39.2 Å². The van der Waals surface area contributed by atoms with Crippen molar-refractivity contribution in [2.75, 3.05) is 18.0 Å². The third kappa shape index (κ3) is 3.34. The van der Waals surface area contributed by atoms with Gasteiger partial charge in [-0.25, -0.2) is 0 Å². The Labute approximate surface area is 122 Å². The second-order valence-corrected chi connectivity index (χ2v) is 5.13. The fraction of sp³-hybridized carbons (Fsp3) is 0.600. The smallest absolute Gasteiger partial charge is 0.122 e. The van der Waals surface area contributed by atoms with E-state index in [1.165, 1.54) is 19.3 Å². The fourth-order valence-corrected chi connectivity index (χ4v) is 2.65. The summed E-state index contributed by atoms with van der Waals surface area (Å²) in [6.45, 7) is 6.14. The molecule has 0 spiro atoms. The minimum absolute atomic E-state index is 0. The largest absolute Gasteiger partial charge is 0.508 e. The second-order valence-electron chi connectivity index (χ2n) is 5.13. The molecule has 1 aliphatic carbocycles. The van der Waals surface area contributed by atoms with Crippen LogP contribution < -0.4 is 10.6 Å². The van der Waals surface area contributed by atoms with Gasteiger partial charge >= 0.3 is 0 Å². The van der Waals surface area contributed by atoms with Gasteiger partial charge in [0, 0.05) is 36.4 Å². The van der Waals surface area contributed by atoms with Crippen molar-refractivity contribution in [2.24, 2.45) is 11.7 Å². The highest BCUT2D eigenvalue weighted by Gasteiger charge is 2.27. The number of phenolic OH excluding ortho intramolecular Hbond substituents is 1. The van der Waals surface area contributed by atoms with E-state index in [-0.39, 0.29) is 18.4 Å². The summed E-state index contributed by atoms with van der Waals surface area (Å²) >= 11 is 0. The normalized spacial score (nSPS) is 16.4. The standard InChI is InChI=1S/C15H24N2O.ClH/c1-3-17(4-2)12-8-9-13(14(18)10-12)15(16)11-6-5-7-11;/h8-11,15,18H,3-7,16H2,1-2H3;1H/t15-;/m0./s1. The molecule has 0 aliphatic heterocycles. The highest BCUT2D eigenvalue weighted by Crippen LogP contribution is 2.39. The average molecular weight is 285 g/mol. The van der Waals surface area contributed by atoms with E-state index in [4.69, 9.17) is 5.73 Å². The van der Waals surface area contributed by atoms with E-state index < -0.39 is 0 Å². The highest BCUT2D eigenvalue weighted by atomic mass is 35.5. The van der Waals surface area contributed by atoms with Crippen LogP contribution in [0.2, 0.25) is 0 Å². The molecule has 19 heavy (non-hydrogen) atoms. The van der Waals surface area contributed by atoms with Crippen LogP contribution >= 0.6 is 12.4 Å². The fourth-order valence-electron chi connectivity index (χ4n) is 2.65. The van der Waals surface area contributed by atoms with Gasteiger partial charge in [0.1, 0.15) is 5.75 Å². The van der Waals surface area contributed by atoms with Crippen LogP contribution in [0.4, 0.5) is 5.69 Å². The second kappa shape index (κ2) is 7.01. The van der Waals surface area contributed by atoms with E-state index in [1.807, 2.05) is 12.1 Å². The predicted octanol–water partition coefficient (Wildman–Crippen LogP) is 3.46. The number of phenols is 1. The van der Waals surface area contributed by atoms with Gasteiger partial charge in [0.15, 0.2) is 0 Å². The maximum atomic E-state index is 10.2. The molecule has 0 bridgehead atoms. The lowest BCUT2D eigenvalue weighted by Crippen LogP contribution is -2.27. The Bertz CT molecular complexity index is 403. The van der Waals surface area contributed by atoms with Crippen LogP contribution in [0.3, 0.4) is 0 Å². The number of benzene rings is 1. The van der Waals surface area contributed by atoms with Gasteiger partial charge in [0.2, 0.25) is 0 Å². The van der Waals surface area contributed by atoms with Gasteiger partial charge in [0.25, 0.3) is 0 Å². The molecule has 3 N–H and O–H groups in total. The summed E-state index contributed by atoms with van der Waals surface area (Å²) < 4.78 is 0. The van der Waals surface area contributed by atoms with Crippen molar-refractivity contribution in [3.8, 4) is 5.75 Å². The quantitative estimate of drug-likeness (QED) is 0.870. The molecule has 1 aliphatic rings. The molecule has 0 saturated heterocycles. The molecule has 108 valence electrons. The molecule has 0 amide bonds. The lowest BCUT2D eigenvalue weighted by Gasteiger charge is -2.32. The van der Waals surface area contributed by atoms with Crippen molar-refractivity contribution >= 4 is 18.1 Å². The van der Waals surface area contributed by atoms with E-state index in [0.29, 0.717) is 11.7 Å². The molecular formula is C15H25ClN2O. The molecule has 4 heteroatoms. The molecule has 0 aromatic heterocycles. The Balaban J connectivity index is 0.00000180. The van der Waals surface area contributed by atoms with Crippen LogP contribution in [-0.4, -0.2) is 18.2 Å². The number of rotatable bonds is 5. The molecule has 0 unspecified atom stereocenters. The summed E-state index contributed by atoms with van der Waals surface area (Å²) in [5, 5.41) is 10.2. The Hall–Kier alpha value is -0.930. The van der Waals surface area contributed by atoms with E-state index in [9.17, 15) is 5.11 Å². The zero-order valence-electron chi connectivity index (χ0n) is 11.8. The molecule has 1 aromatic rings. The minimum atomic E-state index is -0.00972. The number of hydrogen-bond acceptors (Lipinski definition) is 3. The first-order valence-corrected chi connectivity index (χ1v) is 7.00. The maximum absolute atomic E-state index is 10.2. The van der Waals surface area contributed by atoms with Gasteiger partial charge in [-0.05, 0) is 38.7 Å². The zero-order valence-corrected chi connectivity index (χ0v) is 12.6. The number of aromatic hydroxyl groups is 1. The molecule has 2 rings (SSSR count). The van der Waals surface area contributed by atoms with E-state index in [2.05, 4.69) is 24.8 Å². The summed E-state index contributed by atoms with van der Waals surface area (Å²) in [4.78, 5) is 2.22. The lowest BCUT2D eigenvalue weighted by atomic mass is 9.77. The van der Waals surface area contributed by atoms with Gasteiger partial charge in [-0.3, -0.25) is 0 Å². The van der Waals surface area contributed by atoms with Crippen LogP contribution in [-0.2, 0) is 0 Å². The molecule has 0 radical (unpaired) electrons. The number of anilines is 1. The van der Waals surface area contributed by atoms with Crippen molar-refractivity contribution in [1.29, 1.82) is 0 Å². The van der Waals surface area contributed by atoms with Crippen molar-refractivity contribution in [1.82, 2.24) is 0 Å². The maximum Gasteiger partial charge on any atom is 0.122 e. The number of hydrogen-bond donors (Lipinski definition) is 2. The monoisotopic (exact) mass is 284 g/mol. The third-order valence-electron chi connectivity index (χ3n) is 4.16. The van der Waals surface area contributed by atoms with Crippen LogP contribution in [0.5, 0.6) is 5.75 Å². The zero-order chi connectivity index (χ0) is 13.1. The summed E-state index contributed by atoms with van der Waals surface area (Å²) in [6.07, 6.45) is 3.66. The Morgan fingerprint density at radius 1 is 1.32 bits per heavy atom. The van der Waals surface area contributed by atoms with Gasteiger partial charge in [-0.1, -0.05) is 12.5 Å². The first kappa shape index (κ1) is 16.1. The Kier molecular flexibility index (Phi) is 5.95. The van der Waals surface area contributed by atoms with Gasteiger partial charge < -0.3 is 15.7 Å². The lowest BCUT2D eigenvalue weighted by molar-refractivity contribution is 0.260. The van der Waals surface area contributed by atoms with Crippen LogP contribution in [0, 0.1) is 5.92 Å². The number of nitrogens with two attached hydrogens (primary N) is 1. The minimum Gasteiger partial charge on any atom is -0.508 e. The summed E-state index contributed by atoms with van der Waals surface area (Å²) in [5.41, 5.74) is 8.19. The van der Waals surface area contributed by atoms with Crippen LogP contribution in [0.1, 0.15) is 44.7 Å². The summed E-state index contributed by atoms with van der Waals surface area (Å²) in [6, 6.07) is 5.90. The van der Waals surface area contributed by atoms with E-state index >= 15 is 0 Å². The topological polar surface area (TPSA) is 49.5 Å². The first-order valence-electron chi connectivity index (χ1n) is 7.00. The average Bonchev–Trinajstić information content (AvgIpc) is 2.28. The molecular weight excluding hydrogens is 260 g/mol. The third-order valence-corrected chi connectivity index (χ3v) is 4.16.